The van der Waals surface area contributed by atoms with Gasteiger partial charge < -0.3 is 14.8 Å². The van der Waals surface area contributed by atoms with E-state index in [-0.39, 0.29) is 11.8 Å². The van der Waals surface area contributed by atoms with Crippen molar-refractivity contribution in [3.05, 3.63) is 71.8 Å². The largest absolute Gasteiger partial charge is 0.493 e. The van der Waals surface area contributed by atoms with E-state index < -0.39 is 0 Å². The Bertz CT molecular complexity index is 1280. The van der Waals surface area contributed by atoms with Crippen molar-refractivity contribution >= 4 is 22.5 Å². The molecular weight excluding hydrogens is 390 g/mol. The molecule has 0 saturated heterocycles. The Morgan fingerprint density at radius 1 is 1.00 bits per heavy atom. The second-order valence-corrected chi connectivity index (χ2v) is 7.76. The summed E-state index contributed by atoms with van der Waals surface area (Å²) < 4.78 is 10.7. The summed E-state index contributed by atoms with van der Waals surface area (Å²) in [6.07, 6.45) is 1.49. The quantitative estimate of drug-likeness (QED) is 0.501. The summed E-state index contributed by atoms with van der Waals surface area (Å²) in [5.41, 5.74) is 4.22. The molecule has 0 bridgehead atoms. The van der Waals surface area contributed by atoms with Gasteiger partial charge in [-0.15, -0.1) is 0 Å². The molecule has 4 aromatic rings. The fourth-order valence-electron chi connectivity index (χ4n) is 4.35. The van der Waals surface area contributed by atoms with Crippen LogP contribution in [0.2, 0.25) is 0 Å². The SMILES string of the molecule is COc1ccc(-c2cc(NC(=O)C3Cc4ccc5ccccc5c4C3)n[nH]2)cc1OC. The maximum Gasteiger partial charge on any atom is 0.229 e. The molecule has 156 valence electrons. The first-order chi connectivity index (χ1) is 15.2. The summed E-state index contributed by atoms with van der Waals surface area (Å²) in [6, 6.07) is 20.1. The smallest absolute Gasteiger partial charge is 0.229 e. The molecule has 0 fully saturated rings. The van der Waals surface area contributed by atoms with E-state index >= 15 is 0 Å². The van der Waals surface area contributed by atoms with Gasteiger partial charge in [0.05, 0.1) is 19.9 Å². The molecule has 3 aromatic carbocycles. The van der Waals surface area contributed by atoms with E-state index in [0.717, 1.165) is 24.1 Å². The van der Waals surface area contributed by atoms with Crippen molar-refractivity contribution in [2.24, 2.45) is 5.92 Å². The molecular formula is C25H23N3O3. The van der Waals surface area contributed by atoms with E-state index in [9.17, 15) is 4.79 Å². The maximum absolute atomic E-state index is 12.9. The summed E-state index contributed by atoms with van der Waals surface area (Å²) in [4.78, 5) is 12.9. The lowest BCUT2D eigenvalue weighted by Gasteiger charge is -2.09. The van der Waals surface area contributed by atoms with Crippen molar-refractivity contribution in [1.29, 1.82) is 0 Å². The molecule has 1 unspecified atom stereocenters. The number of hydrogen-bond donors (Lipinski definition) is 2. The first-order valence-corrected chi connectivity index (χ1v) is 10.2. The molecule has 1 aromatic heterocycles. The van der Waals surface area contributed by atoms with Crippen LogP contribution in [0.1, 0.15) is 11.1 Å². The van der Waals surface area contributed by atoms with Gasteiger partial charge in [-0.2, -0.15) is 5.10 Å². The topological polar surface area (TPSA) is 76.2 Å². The monoisotopic (exact) mass is 413 g/mol. The second kappa shape index (κ2) is 7.80. The molecule has 31 heavy (non-hydrogen) atoms. The fraction of sp³-hybridized carbons (Fsp3) is 0.200. The molecule has 6 heteroatoms. The summed E-state index contributed by atoms with van der Waals surface area (Å²) in [7, 11) is 3.20. The van der Waals surface area contributed by atoms with Crippen LogP contribution >= 0.6 is 0 Å². The van der Waals surface area contributed by atoms with E-state index in [2.05, 4.69) is 45.8 Å². The highest BCUT2D eigenvalue weighted by atomic mass is 16.5. The highest BCUT2D eigenvalue weighted by Crippen LogP contribution is 2.34. The van der Waals surface area contributed by atoms with Gasteiger partial charge >= 0.3 is 0 Å². The third kappa shape index (κ3) is 3.50. The number of nitrogens with zero attached hydrogens (tertiary/aromatic N) is 1. The minimum absolute atomic E-state index is 0.00866. The molecule has 0 radical (unpaired) electrons. The lowest BCUT2D eigenvalue weighted by atomic mass is 10.0. The average molecular weight is 413 g/mol. The number of ether oxygens (including phenoxy) is 2. The number of fused-ring (bicyclic) bond motifs is 3. The molecule has 0 spiro atoms. The van der Waals surface area contributed by atoms with Gasteiger partial charge in [-0.05, 0) is 52.9 Å². The van der Waals surface area contributed by atoms with E-state index in [1.165, 1.54) is 21.9 Å². The zero-order chi connectivity index (χ0) is 21.4. The van der Waals surface area contributed by atoms with Crippen LogP contribution < -0.4 is 14.8 Å². The third-order valence-electron chi connectivity index (χ3n) is 5.95. The van der Waals surface area contributed by atoms with E-state index in [4.69, 9.17) is 9.47 Å². The molecule has 2 N–H and O–H groups in total. The first kappa shape index (κ1) is 19.2. The number of carbonyl (C=O) groups is 1. The zero-order valence-corrected chi connectivity index (χ0v) is 17.4. The molecule has 1 amide bonds. The molecule has 5 rings (SSSR count). The highest BCUT2D eigenvalue weighted by Gasteiger charge is 2.29. The average Bonchev–Trinajstić information content (AvgIpc) is 3.46. The summed E-state index contributed by atoms with van der Waals surface area (Å²) in [5.74, 6) is 1.70. The standard InChI is InChI=1S/C25H23N3O3/c1-30-22-10-9-17(13-23(22)31-2)21-14-24(28-27-21)26-25(29)18-11-16-8-7-15-5-3-4-6-19(15)20(16)12-18/h3-10,13-14,18H,11-12H2,1-2H3,(H2,26,27,28,29). The van der Waals surface area contributed by atoms with Gasteiger partial charge in [-0.1, -0.05) is 36.4 Å². The number of amides is 1. The molecule has 0 aliphatic heterocycles. The Hall–Kier alpha value is -3.80. The molecule has 1 aliphatic rings. The van der Waals surface area contributed by atoms with Gasteiger partial charge in [-0.25, -0.2) is 0 Å². The molecule has 1 heterocycles. The van der Waals surface area contributed by atoms with Crippen molar-refractivity contribution in [1.82, 2.24) is 10.2 Å². The number of anilines is 1. The van der Waals surface area contributed by atoms with Gasteiger partial charge in [0.25, 0.3) is 0 Å². The highest BCUT2D eigenvalue weighted by molar-refractivity contribution is 5.95. The number of aromatic nitrogens is 2. The van der Waals surface area contributed by atoms with Gasteiger partial charge in [0.15, 0.2) is 17.3 Å². The summed E-state index contributed by atoms with van der Waals surface area (Å²) in [6.45, 7) is 0. The Labute approximate surface area is 180 Å². The van der Waals surface area contributed by atoms with Crippen molar-refractivity contribution in [2.45, 2.75) is 12.8 Å². The van der Waals surface area contributed by atoms with Crippen LogP contribution in [0.3, 0.4) is 0 Å². The second-order valence-electron chi connectivity index (χ2n) is 7.76. The van der Waals surface area contributed by atoms with Crippen molar-refractivity contribution in [2.75, 3.05) is 19.5 Å². The maximum atomic E-state index is 12.9. The lowest BCUT2D eigenvalue weighted by Crippen LogP contribution is -2.23. The van der Waals surface area contributed by atoms with E-state index in [1.807, 2.05) is 30.3 Å². The number of benzene rings is 3. The third-order valence-corrected chi connectivity index (χ3v) is 5.95. The van der Waals surface area contributed by atoms with Crippen LogP contribution in [0.15, 0.2) is 60.7 Å². The number of rotatable bonds is 5. The van der Waals surface area contributed by atoms with Crippen LogP contribution in [0.25, 0.3) is 22.0 Å². The Morgan fingerprint density at radius 2 is 1.84 bits per heavy atom. The molecule has 1 atom stereocenters. The van der Waals surface area contributed by atoms with E-state index in [1.54, 1.807) is 14.2 Å². The zero-order valence-electron chi connectivity index (χ0n) is 17.4. The fourth-order valence-corrected chi connectivity index (χ4v) is 4.35. The Morgan fingerprint density at radius 3 is 2.68 bits per heavy atom. The predicted octanol–water partition coefficient (Wildman–Crippen LogP) is 4.60. The minimum atomic E-state index is -0.0953. The number of methoxy groups -OCH3 is 2. The normalized spacial score (nSPS) is 15.0. The van der Waals surface area contributed by atoms with Crippen molar-refractivity contribution < 1.29 is 14.3 Å². The molecule has 1 aliphatic carbocycles. The Balaban J connectivity index is 1.32. The summed E-state index contributed by atoms with van der Waals surface area (Å²) in [5, 5.41) is 12.7. The number of hydrogen-bond acceptors (Lipinski definition) is 4. The van der Waals surface area contributed by atoms with Crippen LogP contribution in [0, 0.1) is 5.92 Å². The van der Waals surface area contributed by atoms with Crippen LogP contribution in [-0.4, -0.2) is 30.3 Å². The van der Waals surface area contributed by atoms with Crippen molar-refractivity contribution in [3.8, 4) is 22.8 Å². The van der Waals surface area contributed by atoms with Crippen LogP contribution in [0.4, 0.5) is 5.82 Å². The Kier molecular flexibility index (Phi) is 4.82. The van der Waals surface area contributed by atoms with E-state index in [0.29, 0.717) is 17.3 Å². The van der Waals surface area contributed by atoms with Gasteiger partial charge in [-0.3, -0.25) is 9.89 Å². The van der Waals surface area contributed by atoms with Crippen LogP contribution in [0.5, 0.6) is 11.5 Å². The minimum Gasteiger partial charge on any atom is -0.493 e. The number of carbonyl (C=O) groups excluding carboxylic acids is 1. The van der Waals surface area contributed by atoms with Gasteiger partial charge in [0, 0.05) is 17.5 Å². The molecule has 0 saturated carbocycles. The predicted molar refractivity (Wildman–Crippen MR) is 121 cm³/mol. The lowest BCUT2D eigenvalue weighted by molar-refractivity contribution is -0.119. The first-order valence-electron chi connectivity index (χ1n) is 10.2. The van der Waals surface area contributed by atoms with Crippen molar-refractivity contribution in [3.63, 3.8) is 0 Å². The number of nitrogens with one attached hydrogen (secondary N) is 2. The van der Waals surface area contributed by atoms with Crippen LogP contribution in [-0.2, 0) is 17.6 Å². The summed E-state index contributed by atoms with van der Waals surface area (Å²) >= 11 is 0. The van der Waals surface area contributed by atoms with Gasteiger partial charge in [0.2, 0.25) is 5.91 Å². The molecule has 6 nitrogen and oxygen atoms in total. The number of H-pyrrole nitrogens is 1. The van der Waals surface area contributed by atoms with Gasteiger partial charge in [0.1, 0.15) is 0 Å². The number of aromatic amines is 1.